The average Bonchev–Trinajstić information content (AvgIpc) is 2.17. The largest absolute Gasteiger partial charge is 0.383 e. The Morgan fingerprint density at radius 1 is 1.54 bits per heavy atom. The van der Waals surface area contributed by atoms with E-state index < -0.39 is 0 Å². The second-order valence-electron chi connectivity index (χ2n) is 3.37. The second-order valence-corrected chi connectivity index (χ2v) is 3.81. The number of hydrogen-bond acceptors (Lipinski definition) is 2. The Kier molecular flexibility index (Phi) is 2.42. The predicted molar refractivity (Wildman–Crippen MR) is 56.5 cm³/mol. The predicted octanol–water partition coefficient (Wildman–Crippen LogP) is 1.90. The summed E-state index contributed by atoms with van der Waals surface area (Å²) in [6.07, 6.45) is 1.08. The summed E-state index contributed by atoms with van der Waals surface area (Å²) in [6.45, 7) is 0.976. The Morgan fingerprint density at radius 3 is 3.15 bits per heavy atom. The summed E-state index contributed by atoms with van der Waals surface area (Å²) in [4.78, 5) is 0. The Morgan fingerprint density at radius 2 is 2.38 bits per heavy atom. The highest BCUT2D eigenvalue weighted by molar-refractivity contribution is 6.30. The highest BCUT2D eigenvalue weighted by atomic mass is 35.5. The number of benzene rings is 1. The number of anilines is 1. The lowest BCUT2D eigenvalue weighted by molar-refractivity contribution is 0.570. The van der Waals surface area contributed by atoms with Crippen molar-refractivity contribution in [2.45, 2.75) is 12.5 Å². The highest BCUT2D eigenvalue weighted by Gasteiger charge is 2.15. The molecule has 0 saturated carbocycles. The van der Waals surface area contributed by atoms with Gasteiger partial charge in [-0.05, 0) is 31.2 Å². The fourth-order valence-corrected chi connectivity index (χ4v) is 1.84. The summed E-state index contributed by atoms with van der Waals surface area (Å²) in [6, 6.07) is 6.56. The molecule has 0 bridgehead atoms. The quantitative estimate of drug-likeness (QED) is 0.717. The lowest BCUT2D eigenvalue weighted by Gasteiger charge is -2.25. The van der Waals surface area contributed by atoms with Gasteiger partial charge in [0.25, 0.3) is 0 Å². The van der Waals surface area contributed by atoms with Gasteiger partial charge in [-0.15, -0.1) is 0 Å². The van der Waals surface area contributed by atoms with Crippen LogP contribution < -0.4 is 10.6 Å². The van der Waals surface area contributed by atoms with E-state index >= 15 is 0 Å². The van der Waals surface area contributed by atoms with Gasteiger partial charge in [0.1, 0.15) is 0 Å². The zero-order valence-corrected chi connectivity index (χ0v) is 8.36. The van der Waals surface area contributed by atoms with Crippen LogP contribution in [0.2, 0.25) is 5.02 Å². The summed E-state index contributed by atoms with van der Waals surface area (Å²) >= 11 is 5.89. The number of hydrogen-bond donors (Lipinski definition) is 2. The van der Waals surface area contributed by atoms with Crippen molar-refractivity contribution < 1.29 is 0 Å². The van der Waals surface area contributed by atoms with Crippen LogP contribution in [0.4, 0.5) is 5.69 Å². The van der Waals surface area contributed by atoms with E-state index in [2.05, 4.69) is 16.7 Å². The van der Waals surface area contributed by atoms with Gasteiger partial charge in [-0.1, -0.05) is 17.7 Å². The second kappa shape index (κ2) is 3.56. The standard InChI is InChI=1S/C10H13ClN2/c1-12-9-4-7-2-3-8(11)5-10(7)13-6-9/h2-3,5,9,12-13H,4,6H2,1H3. The van der Waals surface area contributed by atoms with Crippen LogP contribution in [0.15, 0.2) is 18.2 Å². The lowest BCUT2D eigenvalue weighted by atomic mass is 10.00. The van der Waals surface area contributed by atoms with E-state index in [1.165, 1.54) is 11.3 Å². The Balaban J connectivity index is 2.26. The average molecular weight is 197 g/mol. The van der Waals surface area contributed by atoms with Crippen molar-refractivity contribution in [3.8, 4) is 0 Å². The zero-order chi connectivity index (χ0) is 9.26. The molecule has 1 atom stereocenters. The van der Waals surface area contributed by atoms with Gasteiger partial charge in [0.15, 0.2) is 0 Å². The minimum absolute atomic E-state index is 0.536. The molecule has 2 N–H and O–H groups in total. The minimum Gasteiger partial charge on any atom is -0.383 e. The molecule has 0 saturated heterocycles. The van der Waals surface area contributed by atoms with E-state index in [4.69, 9.17) is 11.6 Å². The molecule has 2 rings (SSSR count). The van der Waals surface area contributed by atoms with Crippen molar-refractivity contribution in [3.05, 3.63) is 28.8 Å². The molecule has 1 aromatic rings. The molecule has 1 unspecified atom stereocenters. The molecule has 1 aromatic carbocycles. The number of likely N-dealkylation sites (N-methyl/N-ethyl adjacent to an activating group) is 1. The van der Waals surface area contributed by atoms with Crippen molar-refractivity contribution in [1.82, 2.24) is 5.32 Å². The molecule has 13 heavy (non-hydrogen) atoms. The van der Waals surface area contributed by atoms with Crippen molar-refractivity contribution in [2.75, 3.05) is 18.9 Å². The van der Waals surface area contributed by atoms with Gasteiger partial charge < -0.3 is 10.6 Å². The van der Waals surface area contributed by atoms with Crippen LogP contribution in [0.3, 0.4) is 0 Å². The summed E-state index contributed by atoms with van der Waals surface area (Å²) in [5.74, 6) is 0. The first kappa shape index (κ1) is 8.85. The number of halogens is 1. The van der Waals surface area contributed by atoms with Gasteiger partial charge in [-0.3, -0.25) is 0 Å². The molecule has 3 heteroatoms. The van der Waals surface area contributed by atoms with Crippen molar-refractivity contribution in [3.63, 3.8) is 0 Å². The molecule has 0 spiro atoms. The molecule has 0 aromatic heterocycles. The topological polar surface area (TPSA) is 24.1 Å². The number of fused-ring (bicyclic) bond motifs is 1. The minimum atomic E-state index is 0.536. The van der Waals surface area contributed by atoms with E-state index in [0.717, 1.165) is 18.0 Å². The van der Waals surface area contributed by atoms with Gasteiger partial charge in [-0.2, -0.15) is 0 Å². The SMILES string of the molecule is CNC1CNc2cc(Cl)ccc2C1. The van der Waals surface area contributed by atoms with Crippen LogP contribution >= 0.6 is 11.6 Å². The zero-order valence-electron chi connectivity index (χ0n) is 7.60. The van der Waals surface area contributed by atoms with Crippen molar-refractivity contribution >= 4 is 17.3 Å². The first-order valence-corrected chi connectivity index (χ1v) is 4.87. The maximum atomic E-state index is 5.89. The maximum absolute atomic E-state index is 5.89. The Hall–Kier alpha value is -0.730. The van der Waals surface area contributed by atoms with Crippen LogP contribution in [0.1, 0.15) is 5.56 Å². The van der Waals surface area contributed by atoms with E-state index in [9.17, 15) is 0 Å². The van der Waals surface area contributed by atoms with Gasteiger partial charge >= 0.3 is 0 Å². The van der Waals surface area contributed by atoms with Gasteiger partial charge in [-0.25, -0.2) is 0 Å². The third-order valence-corrected chi connectivity index (χ3v) is 2.72. The van der Waals surface area contributed by atoms with E-state index in [1.807, 2.05) is 19.2 Å². The maximum Gasteiger partial charge on any atom is 0.0426 e. The van der Waals surface area contributed by atoms with Crippen molar-refractivity contribution in [1.29, 1.82) is 0 Å². The first-order valence-electron chi connectivity index (χ1n) is 4.49. The third-order valence-electron chi connectivity index (χ3n) is 2.49. The molecule has 1 heterocycles. The molecule has 1 aliphatic rings. The molecule has 1 aliphatic heterocycles. The van der Waals surface area contributed by atoms with Crippen LogP contribution in [0.25, 0.3) is 0 Å². The lowest BCUT2D eigenvalue weighted by Crippen LogP contribution is -2.37. The van der Waals surface area contributed by atoms with Crippen molar-refractivity contribution in [2.24, 2.45) is 0 Å². The molecule has 70 valence electrons. The fourth-order valence-electron chi connectivity index (χ4n) is 1.67. The van der Waals surface area contributed by atoms with Gasteiger partial charge in [0.2, 0.25) is 0 Å². The summed E-state index contributed by atoms with van der Waals surface area (Å²) in [5.41, 5.74) is 2.52. The monoisotopic (exact) mass is 196 g/mol. The van der Waals surface area contributed by atoms with Gasteiger partial charge in [0.05, 0.1) is 0 Å². The molecular formula is C10H13ClN2. The molecular weight excluding hydrogens is 184 g/mol. The molecule has 0 fully saturated rings. The smallest absolute Gasteiger partial charge is 0.0426 e. The van der Waals surface area contributed by atoms with Crippen LogP contribution in [0.5, 0.6) is 0 Å². The Labute approximate surface area is 83.3 Å². The fraction of sp³-hybridized carbons (Fsp3) is 0.400. The highest BCUT2D eigenvalue weighted by Crippen LogP contribution is 2.25. The van der Waals surface area contributed by atoms with E-state index in [-0.39, 0.29) is 0 Å². The van der Waals surface area contributed by atoms with E-state index in [0.29, 0.717) is 6.04 Å². The number of nitrogens with one attached hydrogen (secondary N) is 2. The first-order chi connectivity index (χ1) is 6.29. The molecule has 2 nitrogen and oxygen atoms in total. The molecule has 0 radical (unpaired) electrons. The number of rotatable bonds is 1. The van der Waals surface area contributed by atoms with Crippen LogP contribution in [-0.2, 0) is 6.42 Å². The Bertz CT molecular complexity index is 312. The summed E-state index contributed by atoms with van der Waals surface area (Å²) in [7, 11) is 1.99. The molecule has 0 amide bonds. The summed E-state index contributed by atoms with van der Waals surface area (Å²) < 4.78 is 0. The molecule has 0 aliphatic carbocycles. The summed E-state index contributed by atoms with van der Waals surface area (Å²) in [5, 5.41) is 7.42. The van der Waals surface area contributed by atoms with Gasteiger partial charge in [0, 0.05) is 23.3 Å². The van der Waals surface area contributed by atoms with Crippen LogP contribution in [0, 0.1) is 0 Å². The van der Waals surface area contributed by atoms with Crippen LogP contribution in [-0.4, -0.2) is 19.6 Å². The normalized spacial score (nSPS) is 20.6. The third kappa shape index (κ3) is 1.79. The van der Waals surface area contributed by atoms with E-state index in [1.54, 1.807) is 0 Å².